The summed E-state index contributed by atoms with van der Waals surface area (Å²) >= 11 is 3.42. The minimum Gasteiger partial charge on any atom is -0.469 e. The van der Waals surface area contributed by atoms with Crippen LogP contribution in [0.2, 0.25) is 0 Å². The number of nitrogens with zero attached hydrogens (tertiary/aromatic N) is 2. The molecular weight excluding hydrogens is 308 g/mol. The topological polar surface area (TPSA) is 44.1 Å². The maximum Gasteiger partial charge on any atom is 0.305 e. The number of carbonyl (C=O) groups excluding carboxylic acids is 1. The van der Waals surface area contributed by atoms with Crippen LogP contribution >= 0.6 is 15.9 Å². The largest absolute Gasteiger partial charge is 0.469 e. The van der Waals surface area contributed by atoms with E-state index >= 15 is 0 Å². The zero-order valence-electron chi connectivity index (χ0n) is 10.7. The SMILES string of the molecule is COC(=O)CCc1cncn1Cc1ccc(Br)cc1. The normalized spacial score (nSPS) is 10.4. The number of imidazole rings is 1. The Kier molecular flexibility index (Phi) is 4.74. The number of hydrogen-bond donors (Lipinski definition) is 0. The van der Waals surface area contributed by atoms with Crippen LogP contribution in [0.1, 0.15) is 17.7 Å². The van der Waals surface area contributed by atoms with Gasteiger partial charge in [-0.3, -0.25) is 4.79 Å². The van der Waals surface area contributed by atoms with Gasteiger partial charge in [-0.15, -0.1) is 0 Å². The van der Waals surface area contributed by atoms with Crippen LogP contribution in [-0.4, -0.2) is 22.6 Å². The van der Waals surface area contributed by atoms with Crippen molar-refractivity contribution >= 4 is 21.9 Å². The Bertz CT molecular complexity index is 549. The van der Waals surface area contributed by atoms with E-state index < -0.39 is 0 Å². The van der Waals surface area contributed by atoms with Crippen LogP contribution in [0.25, 0.3) is 0 Å². The molecule has 100 valence electrons. The summed E-state index contributed by atoms with van der Waals surface area (Å²) in [6.45, 7) is 0.754. The van der Waals surface area contributed by atoms with Crippen molar-refractivity contribution in [3.05, 3.63) is 52.5 Å². The number of carbonyl (C=O) groups is 1. The van der Waals surface area contributed by atoms with Gasteiger partial charge in [0.05, 0.1) is 19.9 Å². The molecule has 0 saturated heterocycles. The van der Waals surface area contributed by atoms with Crippen molar-refractivity contribution in [2.75, 3.05) is 7.11 Å². The maximum atomic E-state index is 11.2. The van der Waals surface area contributed by atoms with Gasteiger partial charge in [0.1, 0.15) is 0 Å². The summed E-state index contributed by atoms with van der Waals surface area (Å²) in [4.78, 5) is 15.3. The molecule has 0 N–H and O–H groups in total. The lowest BCUT2D eigenvalue weighted by molar-refractivity contribution is -0.140. The first-order valence-corrected chi connectivity index (χ1v) is 6.78. The highest BCUT2D eigenvalue weighted by Crippen LogP contribution is 2.13. The number of aryl methyl sites for hydroxylation is 1. The van der Waals surface area contributed by atoms with E-state index in [-0.39, 0.29) is 5.97 Å². The van der Waals surface area contributed by atoms with E-state index in [2.05, 4.69) is 37.8 Å². The molecule has 0 aliphatic carbocycles. The molecular formula is C14H15BrN2O2. The highest BCUT2D eigenvalue weighted by atomic mass is 79.9. The Balaban J connectivity index is 2.03. The van der Waals surface area contributed by atoms with Crippen LogP contribution in [0.3, 0.4) is 0 Å². The van der Waals surface area contributed by atoms with Gasteiger partial charge in [0, 0.05) is 22.9 Å². The van der Waals surface area contributed by atoms with E-state index in [1.807, 2.05) is 16.7 Å². The van der Waals surface area contributed by atoms with Gasteiger partial charge >= 0.3 is 5.97 Å². The van der Waals surface area contributed by atoms with Crippen LogP contribution in [0.15, 0.2) is 41.3 Å². The Morgan fingerprint density at radius 2 is 2.11 bits per heavy atom. The first kappa shape index (κ1) is 13.8. The van der Waals surface area contributed by atoms with Crippen LogP contribution in [-0.2, 0) is 22.5 Å². The monoisotopic (exact) mass is 322 g/mol. The van der Waals surface area contributed by atoms with Gasteiger partial charge < -0.3 is 9.30 Å². The van der Waals surface area contributed by atoms with Crippen molar-refractivity contribution in [2.45, 2.75) is 19.4 Å². The lowest BCUT2D eigenvalue weighted by atomic mass is 10.2. The smallest absolute Gasteiger partial charge is 0.305 e. The fourth-order valence-corrected chi connectivity index (χ4v) is 2.08. The summed E-state index contributed by atoms with van der Waals surface area (Å²) in [6.07, 6.45) is 4.60. The number of ether oxygens (including phenoxy) is 1. The lowest BCUT2D eigenvalue weighted by Crippen LogP contribution is -2.07. The fourth-order valence-electron chi connectivity index (χ4n) is 1.82. The standard InChI is InChI=1S/C14H15BrN2O2/c1-19-14(18)7-6-13-8-16-10-17(13)9-11-2-4-12(15)5-3-11/h2-5,8,10H,6-7,9H2,1H3. The summed E-state index contributed by atoms with van der Waals surface area (Å²) in [5, 5.41) is 0. The lowest BCUT2D eigenvalue weighted by Gasteiger charge is -2.08. The molecule has 1 aromatic carbocycles. The molecule has 0 unspecified atom stereocenters. The zero-order chi connectivity index (χ0) is 13.7. The van der Waals surface area contributed by atoms with E-state index in [0.717, 1.165) is 16.7 Å². The Hall–Kier alpha value is -1.62. The molecule has 0 atom stereocenters. The minimum absolute atomic E-state index is 0.198. The third kappa shape index (κ3) is 3.92. The number of benzene rings is 1. The highest BCUT2D eigenvalue weighted by Gasteiger charge is 2.06. The van der Waals surface area contributed by atoms with Gasteiger partial charge in [0.2, 0.25) is 0 Å². The third-order valence-corrected chi connectivity index (χ3v) is 3.41. The van der Waals surface area contributed by atoms with E-state index in [1.165, 1.54) is 12.7 Å². The molecule has 19 heavy (non-hydrogen) atoms. The molecule has 5 heteroatoms. The molecule has 2 aromatic rings. The first-order valence-electron chi connectivity index (χ1n) is 5.99. The second-order valence-corrected chi connectivity index (χ2v) is 5.13. The molecule has 1 aromatic heterocycles. The predicted molar refractivity (Wildman–Crippen MR) is 75.8 cm³/mol. The van der Waals surface area contributed by atoms with Gasteiger partial charge in [0.15, 0.2) is 0 Å². The second-order valence-electron chi connectivity index (χ2n) is 4.22. The summed E-state index contributed by atoms with van der Waals surface area (Å²) in [6, 6.07) is 8.16. The van der Waals surface area contributed by atoms with Gasteiger partial charge in [-0.25, -0.2) is 4.98 Å². The van der Waals surface area contributed by atoms with E-state index in [4.69, 9.17) is 0 Å². The van der Waals surface area contributed by atoms with Crippen molar-refractivity contribution in [3.63, 3.8) is 0 Å². The molecule has 0 radical (unpaired) electrons. The van der Waals surface area contributed by atoms with Gasteiger partial charge in [-0.05, 0) is 24.1 Å². The van der Waals surface area contributed by atoms with E-state index in [1.54, 1.807) is 12.5 Å². The Morgan fingerprint density at radius 1 is 1.37 bits per heavy atom. The summed E-state index contributed by atoms with van der Waals surface area (Å²) < 4.78 is 7.76. The molecule has 0 spiro atoms. The maximum absolute atomic E-state index is 11.2. The van der Waals surface area contributed by atoms with Crippen molar-refractivity contribution in [3.8, 4) is 0 Å². The summed E-state index contributed by atoms with van der Waals surface area (Å²) in [7, 11) is 1.40. The van der Waals surface area contributed by atoms with Crippen LogP contribution < -0.4 is 0 Å². The molecule has 4 nitrogen and oxygen atoms in total. The predicted octanol–water partition coefficient (Wildman–Crippen LogP) is 2.80. The van der Waals surface area contributed by atoms with Crippen LogP contribution in [0, 0.1) is 0 Å². The van der Waals surface area contributed by atoms with E-state index in [9.17, 15) is 4.79 Å². The van der Waals surface area contributed by atoms with Crippen molar-refractivity contribution in [1.82, 2.24) is 9.55 Å². The molecule has 2 rings (SSSR count). The van der Waals surface area contributed by atoms with Crippen LogP contribution in [0.5, 0.6) is 0 Å². The average molecular weight is 323 g/mol. The van der Waals surface area contributed by atoms with E-state index in [0.29, 0.717) is 12.8 Å². The molecule has 0 bridgehead atoms. The van der Waals surface area contributed by atoms with Gasteiger partial charge in [-0.2, -0.15) is 0 Å². The minimum atomic E-state index is -0.198. The quantitative estimate of drug-likeness (QED) is 0.795. The number of methoxy groups -OCH3 is 1. The first-order chi connectivity index (χ1) is 9.19. The van der Waals surface area contributed by atoms with Crippen molar-refractivity contribution in [2.24, 2.45) is 0 Å². The molecule has 0 aliphatic heterocycles. The van der Waals surface area contributed by atoms with Gasteiger partial charge in [0.25, 0.3) is 0 Å². The van der Waals surface area contributed by atoms with Crippen molar-refractivity contribution < 1.29 is 9.53 Å². The van der Waals surface area contributed by atoms with Crippen LogP contribution in [0.4, 0.5) is 0 Å². The second kappa shape index (κ2) is 6.52. The average Bonchev–Trinajstić information content (AvgIpc) is 2.86. The number of aromatic nitrogens is 2. The molecule has 0 fully saturated rings. The molecule has 0 aliphatic rings. The van der Waals surface area contributed by atoms with Gasteiger partial charge in [-0.1, -0.05) is 28.1 Å². The van der Waals surface area contributed by atoms with Crippen molar-refractivity contribution in [1.29, 1.82) is 0 Å². The number of esters is 1. The number of rotatable bonds is 5. The number of halogens is 1. The third-order valence-electron chi connectivity index (χ3n) is 2.88. The molecule has 0 saturated carbocycles. The number of hydrogen-bond acceptors (Lipinski definition) is 3. The molecule has 1 heterocycles. The highest BCUT2D eigenvalue weighted by molar-refractivity contribution is 9.10. The summed E-state index contributed by atoms with van der Waals surface area (Å²) in [5.41, 5.74) is 2.23. The fraction of sp³-hybridized carbons (Fsp3) is 0.286. The Morgan fingerprint density at radius 3 is 2.79 bits per heavy atom. The Labute approximate surface area is 120 Å². The molecule has 0 amide bonds. The zero-order valence-corrected chi connectivity index (χ0v) is 12.3. The summed E-state index contributed by atoms with van der Waals surface area (Å²) in [5.74, 6) is -0.198.